The number of halogens is 1. The van der Waals surface area contributed by atoms with Crippen molar-refractivity contribution in [3.63, 3.8) is 0 Å². The largest absolute Gasteiger partial charge is 0.463 e. The zero-order chi connectivity index (χ0) is 12.8. The molecule has 6 heteroatoms. The average molecular weight is 234 g/mol. The first kappa shape index (κ1) is 14.5. The summed E-state index contributed by atoms with van der Waals surface area (Å²) in [6.45, 7) is 4.09. The first-order valence-corrected chi connectivity index (χ1v) is 5.01. The lowest BCUT2D eigenvalue weighted by molar-refractivity contribution is -0.170. The Balaban J connectivity index is 4.88. The molecule has 5 nitrogen and oxygen atoms in total. The number of hydrogen-bond acceptors (Lipinski definition) is 5. The van der Waals surface area contributed by atoms with E-state index in [-0.39, 0.29) is 13.2 Å². The molecule has 0 spiro atoms. The van der Waals surface area contributed by atoms with E-state index in [2.05, 4.69) is 9.47 Å². The molecule has 0 aliphatic rings. The molecule has 1 atom stereocenters. The Kier molecular flexibility index (Phi) is 5.63. The molecule has 0 heterocycles. The number of ketones is 1. The van der Waals surface area contributed by atoms with Gasteiger partial charge >= 0.3 is 11.9 Å². The van der Waals surface area contributed by atoms with Crippen molar-refractivity contribution >= 4 is 17.7 Å². The minimum atomic E-state index is -2.94. The third-order valence-corrected chi connectivity index (χ3v) is 1.91. The van der Waals surface area contributed by atoms with E-state index in [4.69, 9.17) is 0 Å². The quantitative estimate of drug-likeness (QED) is 0.386. The number of Topliss-reactive ketones (excluding diaryl/α,β-unsaturated/α-hetero) is 1. The Morgan fingerprint density at radius 3 is 1.94 bits per heavy atom. The van der Waals surface area contributed by atoms with Crippen LogP contribution in [0.5, 0.6) is 0 Å². The van der Waals surface area contributed by atoms with Crippen LogP contribution in [0.15, 0.2) is 0 Å². The Bertz CT molecular complexity index is 289. The topological polar surface area (TPSA) is 69.7 Å². The number of carbonyl (C=O) groups excluding carboxylic acids is 3. The average Bonchev–Trinajstić information content (AvgIpc) is 2.27. The lowest BCUT2D eigenvalue weighted by atomic mass is 9.97. The maximum atomic E-state index is 13.9. The number of esters is 2. The summed E-state index contributed by atoms with van der Waals surface area (Å²) in [4.78, 5) is 33.6. The molecule has 92 valence electrons. The van der Waals surface area contributed by atoms with Crippen molar-refractivity contribution in [3.8, 4) is 0 Å². The van der Waals surface area contributed by atoms with E-state index in [0.29, 0.717) is 0 Å². The van der Waals surface area contributed by atoms with Gasteiger partial charge in [0.2, 0.25) is 0 Å². The molecule has 0 N–H and O–H groups in total. The number of carbonyl (C=O) groups is 3. The fourth-order valence-corrected chi connectivity index (χ4v) is 1.00. The Labute approximate surface area is 92.9 Å². The molecule has 0 aliphatic carbocycles. The number of alkyl halides is 1. The van der Waals surface area contributed by atoms with Crippen LogP contribution in [0, 0.1) is 0 Å². The summed E-state index contributed by atoms with van der Waals surface area (Å²) in [5.41, 5.74) is -2.94. The van der Waals surface area contributed by atoms with Crippen molar-refractivity contribution < 1.29 is 28.2 Å². The summed E-state index contributed by atoms with van der Waals surface area (Å²) in [5, 5.41) is 0. The van der Waals surface area contributed by atoms with Crippen LogP contribution in [0.25, 0.3) is 0 Å². The van der Waals surface area contributed by atoms with E-state index in [1.165, 1.54) is 20.8 Å². The molecule has 1 unspecified atom stereocenters. The van der Waals surface area contributed by atoms with Crippen LogP contribution in [-0.4, -0.2) is 36.6 Å². The first-order valence-electron chi connectivity index (χ1n) is 5.01. The maximum absolute atomic E-state index is 13.9. The zero-order valence-corrected chi connectivity index (χ0v) is 9.54. The summed E-state index contributed by atoms with van der Waals surface area (Å²) in [7, 11) is 0. The van der Waals surface area contributed by atoms with E-state index < -0.39 is 29.8 Å². The molecule has 0 rings (SSSR count). The fraction of sp³-hybridized carbons (Fsp3) is 0.700. The van der Waals surface area contributed by atoms with Crippen molar-refractivity contribution in [1.29, 1.82) is 0 Å². The van der Waals surface area contributed by atoms with Gasteiger partial charge in [-0.05, 0) is 20.3 Å². The lowest BCUT2D eigenvalue weighted by Crippen LogP contribution is -2.47. The Hall–Kier alpha value is -1.46. The minimum Gasteiger partial charge on any atom is -0.463 e. The SMILES string of the molecule is CCOC(=O)C(=O)C(F)(CC)C(=O)OCC. The standard InChI is InChI=1S/C10H15FO5/c1-4-10(11,9(14)16-6-3)7(12)8(13)15-5-2/h4-6H2,1-3H3. The van der Waals surface area contributed by atoms with Crippen molar-refractivity contribution in [2.24, 2.45) is 0 Å². The Morgan fingerprint density at radius 1 is 1.06 bits per heavy atom. The van der Waals surface area contributed by atoms with Crippen LogP contribution in [0.2, 0.25) is 0 Å². The predicted molar refractivity (Wildman–Crippen MR) is 52.4 cm³/mol. The molecule has 0 bridgehead atoms. The molecule has 0 aromatic carbocycles. The molecule has 16 heavy (non-hydrogen) atoms. The highest BCUT2D eigenvalue weighted by Gasteiger charge is 2.50. The monoisotopic (exact) mass is 234 g/mol. The van der Waals surface area contributed by atoms with Crippen LogP contribution in [0.1, 0.15) is 27.2 Å². The first-order chi connectivity index (χ1) is 7.43. The van der Waals surface area contributed by atoms with Crippen LogP contribution in [0.3, 0.4) is 0 Å². The summed E-state index contributed by atoms with van der Waals surface area (Å²) in [6, 6.07) is 0. The molecule has 0 saturated carbocycles. The molecule has 0 aromatic heterocycles. The van der Waals surface area contributed by atoms with Crippen molar-refractivity contribution in [3.05, 3.63) is 0 Å². The number of rotatable bonds is 6. The van der Waals surface area contributed by atoms with Gasteiger partial charge in [-0.3, -0.25) is 4.79 Å². The van der Waals surface area contributed by atoms with Crippen molar-refractivity contribution in [2.45, 2.75) is 32.9 Å². The third-order valence-electron chi connectivity index (χ3n) is 1.91. The molecule has 0 aromatic rings. The Morgan fingerprint density at radius 2 is 1.56 bits per heavy atom. The van der Waals surface area contributed by atoms with Crippen molar-refractivity contribution in [2.75, 3.05) is 13.2 Å². The molecule has 0 aliphatic heterocycles. The molecule has 0 fully saturated rings. The highest BCUT2D eigenvalue weighted by atomic mass is 19.1. The highest BCUT2D eigenvalue weighted by Crippen LogP contribution is 2.20. The van der Waals surface area contributed by atoms with Crippen LogP contribution >= 0.6 is 0 Å². The number of hydrogen-bond donors (Lipinski definition) is 0. The third kappa shape index (κ3) is 3.01. The maximum Gasteiger partial charge on any atom is 0.378 e. The van der Waals surface area contributed by atoms with E-state index in [9.17, 15) is 18.8 Å². The zero-order valence-electron chi connectivity index (χ0n) is 9.54. The fourth-order valence-electron chi connectivity index (χ4n) is 1.00. The minimum absolute atomic E-state index is 0.0623. The summed E-state index contributed by atoms with van der Waals surface area (Å²) >= 11 is 0. The second-order valence-electron chi connectivity index (χ2n) is 2.92. The normalized spacial score (nSPS) is 13.8. The molecule has 0 amide bonds. The van der Waals surface area contributed by atoms with Gasteiger partial charge in [0, 0.05) is 0 Å². The summed E-state index contributed by atoms with van der Waals surface area (Å²) in [5.74, 6) is -4.23. The smallest absolute Gasteiger partial charge is 0.378 e. The van der Waals surface area contributed by atoms with Crippen LogP contribution in [-0.2, 0) is 23.9 Å². The summed E-state index contributed by atoms with van der Waals surface area (Å²) in [6.07, 6.45) is -0.469. The highest BCUT2D eigenvalue weighted by molar-refractivity contribution is 6.41. The van der Waals surface area contributed by atoms with E-state index in [1.54, 1.807) is 0 Å². The molecule has 0 saturated heterocycles. The van der Waals surface area contributed by atoms with E-state index in [1.807, 2.05) is 0 Å². The van der Waals surface area contributed by atoms with Gasteiger partial charge in [0.15, 0.2) is 0 Å². The van der Waals surface area contributed by atoms with E-state index >= 15 is 0 Å². The molecular weight excluding hydrogens is 219 g/mol. The van der Waals surface area contributed by atoms with Gasteiger partial charge in [0.25, 0.3) is 11.5 Å². The second-order valence-corrected chi connectivity index (χ2v) is 2.92. The molecule has 0 radical (unpaired) electrons. The summed E-state index contributed by atoms with van der Waals surface area (Å²) < 4.78 is 22.7. The predicted octanol–water partition coefficient (Wildman–Crippen LogP) is 0.800. The van der Waals surface area contributed by atoms with Gasteiger partial charge in [-0.1, -0.05) is 6.92 Å². The van der Waals surface area contributed by atoms with Gasteiger partial charge in [-0.2, -0.15) is 0 Å². The molecular formula is C10H15FO5. The van der Waals surface area contributed by atoms with Crippen LogP contribution in [0.4, 0.5) is 4.39 Å². The van der Waals surface area contributed by atoms with Gasteiger partial charge in [0.05, 0.1) is 13.2 Å². The van der Waals surface area contributed by atoms with Gasteiger partial charge in [-0.25, -0.2) is 14.0 Å². The van der Waals surface area contributed by atoms with E-state index in [0.717, 1.165) is 0 Å². The number of ether oxygens (including phenoxy) is 2. The van der Waals surface area contributed by atoms with Gasteiger partial charge in [0.1, 0.15) is 0 Å². The lowest BCUT2D eigenvalue weighted by Gasteiger charge is -2.18. The second kappa shape index (κ2) is 6.19. The van der Waals surface area contributed by atoms with Crippen molar-refractivity contribution in [1.82, 2.24) is 0 Å². The van der Waals surface area contributed by atoms with Gasteiger partial charge in [-0.15, -0.1) is 0 Å². The van der Waals surface area contributed by atoms with Crippen LogP contribution < -0.4 is 0 Å². The van der Waals surface area contributed by atoms with Gasteiger partial charge < -0.3 is 9.47 Å².